The summed E-state index contributed by atoms with van der Waals surface area (Å²) in [5.74, 6) is -0.117. The van der Waals surface area contributed by atoms with Gasteiger partial charge in [0.1, 0.15) is 0 Å². The van der Waals surface area contributed by atoms with Crippen LogP contribution in [0.1, 0.15) is 21.5 Å². The molecule has 1 aliphatic heterocycles. The first-order chi connectivity index (χ1) is 13.2. The number of nitro benzene ring substituents is 1. The summed E-state index contributed by atoms with van der Waals surface area (Å²) in [6.07, 6.45) is 0. The van der Waals surface area contributed by atoms with Crippen molar-refractivity contribution in [1.82, 2.24) is 9.21 Å². The van der Waals surface area contributed by atoms with Gasteiger partial charge in [0.25, 0.3) is 11.6 Å². The molecule has 0 N–H and O–H groups in total. The maximum Gasteiger partial charge on any atom is 0.270 e. The average molecular weight is 403 g/mol. The average Bonchev–Trinajstić information content (AvgIpc) is 2.69. The molecule has 1 saturated heterocycles. The van der Waals surface area contributed by atoms with Crippen LogP contribution in [-0.2, 0) is 10.0 Å². The van der Waals surface area contributed by atoms with Crippen LogP contribution in [0.2, 0.25) is 0 Å². The largest absolute Gasteiger partial charge is 0.336 e. The van der Waals surface area contributed by atoms with Gasteiger partial charge in [0, 0.05) is 43.9 Å². The highest BCUT2D eigenvalue weighted by atomic mass is 32.2. The molecule has 9 heteroatoms. The molecule has 8 nitrogen and oxygen atoms in total. The first-order valence-corrected chi connectivity index (χ1v) is 10.3. The minimum absolute atomic E-state index is 0.115. The number of amides is 1. The highest BCUT2D eigenvalue weighted by Crippen LogP contribution is 2.23. The number of rotatable bonds is 4. The number of non-ortho nitro benzene ring substituents is 1. The molecule has 3 rings (SSSR count). The number of nitrogens with zero attached hydrogens (tertiary/aromatic N) is 3. The molecule has 1 aliphatic rings. The first-order valence-electron chi connectivity index (χ1n) is 8.82. The molecular formula is C19H21N3O5S. The third kappa shape index (κ3) is 3.76. The Balaban J connectivity index is 1.74. The van der Waals surface area contributed by atoms with Crippen molar-refractivity contribution < 1.29 is 18.1 Å². The van der Waals surface area contributed by atoms with Gasteiger partial charge in [-0.15, -0.1) is 0 Å². The van der Waals surface area contributed by atoms with Gasteiger partial charge < -0.3 is 4.90 Å². The molecule has 0 unspecified atom stereocenters. The highest BCUT2D eigenvalue weighted by Gasteiger charge is 2.31. The minimum Gasteiger partial charge on any atom is -0.336 e. The second kappa shape index (κ2) is 7.69. The summed E-state index contributed by atoms with van der Waals surface area (Å²) in [4.78, 5) is 24.6. The number of hydrogen-bond acceptors (Lipinski definition) is 5. The Morgan fingerprint density at radius 2 is 1.68 bits per heavy atom. The van der Waals surface area contributed by atoms with E-state index < -0.39 is 14.9 Å². The summed E-state index contributed by atoms with van der Waals surface area (Å²) in [5, 5.41) is 10.9. The quantitative estimate of drug-likeness (QED) is 0.576. The van der Waals surface area contributed by atoms with Crippen molar-refractivity contribution in [2.45, 2.75) is 18.7 Å². The van der Waals surface area contributed by atoms with Gasteiger partial charge in [-0.05, 0) is 37.1 Å². The topological polar surface area (TPSA) is 101 Å². The molecule has 28 heavy (non-hydrogen) atoms. The lowest BCUT2D eigenvalue weighted by molar-refractivity contribution is -0.385. The summed E-state index contributed by atoms with van der Waals surface area (Å²) in [5.41, 5.74) is 2.29. The number of hydrogen-bond donors (Lipinski definition) is 0. The zero-order valence-corrected chi connectivity index (χ0v) is 16.5. The normalized spacial score (nSPS) is 15.4. The minimum atomic E-state index is -3.86. The SMILES string of the molecule is Cc1cccc(C(=O)N2CCN(S(=O)(=O)c3cccc([N+](=O)[O-])c3)CC2)c1C. The summed E-state index contributed by atoms with van der Waals surface area (Å²) < 4.78 is 26.9. The summed E-state index contributed by atoms with van der Waals surface area (Å²) >= 11 is 0. The monoisotopic (exact) mass is 403 g/mol. The predicted octanol–water partition coefficient (Wildman–Crippen LogP) is 2.36. The molecule has 0 radical (unpaired) electrons. The van der Waals surface area contributed by atoms with Gasteiger partial charge in [-0.25, -0.2) is 8.42 Å². The third-order valence-corrected chi connectivity index (χ3v) is 6.92. The number of nitro groups is 1. The van der Waals surface area contributed by atoms with E-state index in [1.165, 1.54) is 22.5 Å². The summed E-state index contributed by atoms with van der Waals surface area (Å²) in [7, 11) is -3.86. The van der Waals surface area contributed by atoms with E-state index in [0.717, 1.165) is 17.2 Å². The standard InChI is InChI=1S/C19H21N3O5S/c1-14-5-3-8-18(15(14)2)19(23)20-9-11-21(12-10-20)28(26,27)17-7-4-6-16(13-17)22(24)25/h3-8,13H,9-12H2,1-2H3. The lowest BCUT2D eigenvalue weighted by Gasteiger charge is -2.34. The Kier molecular flexibility index (Phi) is 5.48. The van der Waals surface area contributed by atoms with E-state index in [1.54, 1.807) is 11.0 Å². The number of piperazine rings is 1. The van der Waals surface area contributed by atoms with Crippen molar-refractivity contribution in [1.29, 1.82) is 0 Å². The van der Waals surface area contributed by atoms with Gasteiger partial charge in [-0.1, -0.05) is 18.2 Å². The van der Waals surface area contributed by atoms with Crippen molar-refractivity contribution in [3.63, 3.8) is 0 Å². The maximum absolute atomic E-state index is 12.8. The molecule has 1 fully saturated rings. The van der Waals surface area contributed by atoms with Gasteiger partial charge in [0.05, 0.1) is 9.82 Å². The summed E-state index contributed by atoms with van der Waals surface area (Å²) in [6.45, 7) is 4.64. The lowest BCUT2D eigenvalue weighted by Crippen LogP contribution is -2.50. The molecule has 148 valence electrons. The van der Waals surface area contributed by atoms with E-state index in [4.69, 9.17) is 0 Å². The van der Waals surface area contributed by atoms with E-state index in [2.05, 4.69) is 0 Å². The van der Waals surface area contributed by atoms with E-state index in [0.29, 0.717) is 5.56 Å². The van der Waals surface area contributed by atoms with Crippen molar-refractivity contribution >= 4 is 21.6 Å². The first kappa shape index (κ1) is 20.0. The van der Waals surface area contributed by atoms with Crippen molar-refractivity contribution in [2.75, 3.05) is 26.2 Å². The molecule has 0 saturated carbocycles. The zero-order chi connectivity index (χ0) is 20.5. The Labute approximate surface area is 163 Å². The molecule has 0 aromatic heterocycles. The van der Waals surface area contributed by atoms with E-state index >= 15 is 0 Å². The molecule has 0 bridgehead atoms. The molecule has 1 heterocycles. The molecule has 2 aromatic carbocycles. The van der Waals surface area contributed by atoms with E-state index in [1.807, 2.05) is 26.0 Å². The Hall–Kier alpha value is -2.78. The van der Waals surface area contributed by atoms with Crippen LogP contribution in [0.15, 0.2) is 47.4 Å². The van der Waals surface area contributed by atoms with Crippen LogP contribution in [-0.4, -0.2) is 54.6 Å². The molecule has 0 atom stereocenters. The van der Waals surface area contributed by atoms with Crippen LogP contribution >= 0.6 is 0 Å². The second-order valence-electron chi connectivity index (χ2n) is 6.70. The van der Waals surface area contributed by atoms with Gasteiger partial charge in [0.15, 0.2) is 0 Å². The van der Waals surface area contributed by atoms with Crippen LogP contribution in [0.3, 0.4) is 0 Å². The number of benzene rings is 2. The molecular weight excluding hydrogens is 382 g/mol. The van der Waals surface area contributed by atoms with Gasteiger partial charge >= 0.3 is 0 Å². The number of carbonyl (C=O) groups is 1. The van der Waals surface area contributed by atoms with Crippen molar-refractivity contribution in [3.05, 3.63) is 69.3 Å². The molecule has 2 aromatic rings. The van der Waals surface area contributed by atoms with E-state index in [-0.39, 0.29) is 42.7 Å². The van der Waals surface area contributed by atoms with Crippen LogP contribution in [0.5, 0.6) is 0 Å². The third-order valence-electron chi connectivity index (χ3n) is 5.03. The molecule has 0 aliphatic carbocycles. The Bertz CT molecular complexity index is 1030. The molecule has 0 spiro atoms. The highest BCUT2D eigenvalue weighted by molar-refractivity contribution is 7.89. The fraction of sp³-hybridized carbons (Fsp3) is 0.316. The second-order valence-corrected chi connectivity index (χ2v) is 8.64. The van der Waals surface area contributed by atoms with Crippen molar-refractivity contribution in [3.8, 4) is 0 Å². The smallest absolute Gasteiger partial charge is 0.270 e. The lowest BCUT2D eigenvalue weighted by atomic mass is 10.0. The number of carbonyl (C=O) groups excluding carboxylic acids is 1. The number of sulfonamides is 1. The predicted molar refractivity (Wildman–Crippen MR) is 104 cm³/mol. The van der Waals surface area contributed by atoms with Gasteiger partial charge in [-0.2, -0.15) is 4.31 Å². The summed E-state index contributed by atoms with van der Waals surface area (Å²) in [6, 6.07) is 10.6. The van der Waals surface area contributed by atoms with Crippen molar-refractivity contribution in [2.24, 2.45) is 0 Å². The Morgan fingerprint density at radius 3 is 2.32 bits per heavy atom. The molecule has 1 amide bonds. The van der Waals surface area contributed by atoms with Gasteiger partial charge in [-0.3, -0.25) is 14.9 Å². The van der Waals surface area contributed by atoms with Crippen LogP contribution in [0.4, 0.5) is 5.69 Å². The zero-order valence-electron chi connectivity index (χ0n) is 15.7. The fourth-order valence-corrected chi connectivity index (χ4v) is 4.65. The Morgan fingerprint density at radius 1 is 1.04 bits per heavy atom. The van der Waals surface area contributed by atoms with Crippen LogP contribution in [0.25, 0.3) is 0 Å². The van der Waals surface area contributed by atoms with E-state index in [9.17, 15) is 23.3 Å². The number of aryl methyl sites for hydroxylation is 1. The van der Waals surface area contributed by atoms with Crippen LogP contribution < -0.4 is 0 Å². The maximum atomic E-state index is 12.8. The van der Waals surface area contributed by atoms with Gasteiger partial charge in [0.2, 0.25) is 10.0 Å². The fourth-order valence-electron chi connectivity index (χ4n) is 3.19. The van der Waals surface area contributed by atoms with Crippen LogP contribution in [0, 0.1) is 24.0 Å².